The number of likely N-dealkylation sites (tertiary alicyclic amines) is 1. The number of aromatic nitrogens is 2. The molecule has 1 fully saturated rings. The fourth-order valence-electron chi connectivity index (χ4n) is 3.30. The number of nitrogens with zero attached hydrogens (tertiary/aromatic N) is 3. The molecule has 6 nitrogen and oxygen atoms in total. The summed E-state index contributed by atoms with van der Waals surface area (Å²) in [6, 6.07) is 2.16. The summed E-state index contributed by atoms with van der Waals surface area (Å²) in [5, 5.41) is 4.19. The molecule has 3 heterocycles. The van der Waals surface area contributed by atoms with E-state index in [1.54, 1.807) is 4.90 Å². The number of piperidine rings is 1. The molecule has 0 aliphatic carbocycles. The van der Waals surface area contributed by atoms with E-state index < -0.39 is 0 Å². The Morgan fingerprint density at radius 3 is 2.85 bits per heavy atom. The molecule has 0 saturated carbocycles. The van der Waals surface area contributed by atoms with Crippen LogP contribution in [-0.2, 0) is 4.74 Å². The van der Waals surface area contributed by atoms with Crippen molar-refractivity contribution in [3.63, 3.8) is 0 Å². The van der Waals surface area contributed by atoms with Gasteiger partial charge in [-0.3, -0.25) is 4.40 Å². The highest BCUT2D eigenvalue weighted by atomic mass is 35.5. The van der Waals surface area contributed by atoms with Crippen molar-refractivity contribution in [2.75, 3.05) is 25.0 Å². The van der Waals surface area contributed by atoms with Gasteiger partial charge >= 0.3 is 6.09 Å². The van der Waals surface area contributed by atoms with Crippen molar-refractivity contribution in [2.45, 2.75) is 45.6 Å². The zero-order chi connectivity index (χ0) is 19.4. The van der Waals surface area contributed by atoms with E-state index >= 15 is 0 Å². The summed E-state index contributed by atoms with van der Waals surface area (Å²) in [4.78, 5) is 18.4. The van der Waals surface area contributed by atoms with E-state index in [9.17, 15) is 4.79 Å². The lowest BCUT2D eigenvalue weighted by Gasteiger charge is -2.32. The van der Waals surface area contributed by atoms with Crippen LogP contribution in [0, 0.1) is 0 Å². The van der Waals surface area contributed by atoms with Crippen LogP contribution in [0.1, 0.15) is 45.2 Å². The molecule has 27 heavy (non-hydrogen) atoms. The lowest BCUT2D eigenvalue weighted by molar-refractivity contribution is 0.0928. The van der Waals surface area contributed by atoms with Crippen molar-refractivity contribution >= 4 is 34.6 Å². The Morgan fingerprint density at radius 2 is 2.19 bits per heavy atom. The SMILES string of the molecule is C=C(C)c1cnc2c(NC3CCN(C(=O)OCCCC)CC3)cc(Cl)cn12. The van der Waals surface area contributed by atoms with E-state index in [4.69, 9.17) is 16.3 Å². The number of hydrogen-bond donors (Lipinski definition) is 1. The topological polar surface area (TPSA) is 58.9 Å². The zero-order valence-corrected chi connectivity index (χ0v) is 16.8. The first kappa shape index (κ1) is 19.5. The first-order valence-corrected chi connectivity index (χ1v) is 9.88. The van der Waals surface area contributed by atoms with Crippen molar-refractivity contribution in [2.24, 2.45) is 0 Å². The van der Waals surface area contributed by atoms with Gasteiger partial charge in [0, 0.05) is 25.3 Å². The number of allylic oxidation sites excluding steroid dienone is 1. The third kappa shape index (κ3) is 4.56. The van der Waals surface area contributed by atoms with Crippen molar-refractivity contribution < 1.29 is 9.53 Å². The molecular formula is C20H27ClN4O2. The van der Waals surface area contributed by atoms with Crippen LogP contribution >= 0.6 is 11.6 Å². The van der Waals surface area contributed by atoms with Gasteiger partial charge in [0.25, 0.3) is 0 Å². The Bertz CT molecular complexity index is 825. The Labute approximate surface area is 165 Å². The van der Waals surface area contributed by atoms with Crippen molar-refractivity contribution in [1.29, 1.82) is 0 Å². The molecule has 0 aromatic carbocycles. The minimum Gasteiger partial charge on any atom is -0.449 e. The third-order valence-corrected chi connectivity index (χ3v) is 5.05. The predicted octanol–water partition coefficient (Wildman–Crippen LogP) is 4.83. The minimum absolute atomic E-state index is 0.202. The average Bonchev–Trinajstić information content (AvgIpc) is 3.06. The summed E-state index contributed by atoms with van der Waals surface area (Å²) in [7, 11) is 0. The van der Waals surface area contributed by atoms with Gasteiger partial charge in [0.2, 0.25) is 0 Å². The van der Waals surface area contributed by atoms with Crippen LogP contribution < -0.4 is 5.32 Å². The number of ether oxygens (including phenoxy) is 1. The Balaban J connectivity index is 1.64. The lowest BCUT2D eigenvalue weighted by atomic mass is 10.1. The molecular weight excluding hydrogens is 364 g/mol. The average molecular weight is 391 g/mol. The molecule has 0 atom stereocenters. The van der Waals surface area contributed by atoms with Gasteiger partial charge in [-0.2, -0.15) is 0 Å². The van der Waals surface area contributed by atoms with Gasteiger partial charge in [-0.15, -0.1) is 0 Å². The minimum atomic E-state index is -0.202. The molecule has 0 unspecified atom stereocenters. The third-order valence-electron chi connectivity index (χ3n) is 4.85. The lowest BCUT2D eigenvalue weighted by Crippen LogP contribution is -2.42. The molecule has 0 bridgehead atoms. The molecule has 2 aromatic rings. The monoisotopic (exact) mass is 390 g/mol. The normalized spacial score (nSPS) is 15.1. The second-order valence-corrected chi connectivity index (χ2v) is 7.50. The van der Waals surface area contributed by atoms with Gasteiger partial charge in [-0.05, 0) is 37.8 Å². The second kappa shape index (κ2) is 8.65. The highest BCUT2D eigenvalue weighted by Crippen LogP contribution is 2.27. The van der Waals surface area contributed by atoms with Crippen molar-refractivity contribution in [1.82, 2.24) is 14.3 Å². The maximum atomic E-state index is 12.1. The largest absolute Gasteiger partial charge is 0.449 e. The molecule has 1 saturated heterocycles. The summed E-state index contributed by atoms with van der Waals surface area (Å²) in [6.45, 7) is 9.90. The number of halogens is 1. The first-order chi connectivity index (χ1) is 13.0. The van der Waals surface area contributed by atoms with Crippen LogP contribution in [0.4, 0.5) is 10.5 Å². The Kier molecular flexibility index (Phi) is 6.26. The number of amides is 1. The standard InChI is InChI=1S/C20H27ClN4O2/c1-4-5-10-27-20(26)24-8-6-16(7-9-24)23-17-11-15(21)13-25-18(14(2)3)12-22-19(17)25/h11-13,16,23H,2,4-10H2,1,3H3. The fourth-order valence-corrected chi connectivity index (χ4v) is 3.50. The summed E-state index contributed by atoms with van der Waals surface area (Å²) in [6.07, 6.45) is 7.11. The molecule has 7 heteroatoms. The van der Waals surface area contributed by atoms with Gasteiger partial charge < -0.3 is 15.0 Å². The van der Waals surface area contributed by atoms with Crippen molar-refractivity contribution in [3.8, 4) is 0 Å². The van der Waals surface area contributed by atoms with E-state index in [-0.39, 0.29) is 12.1 Å². The van der Waals surface area contributed by atoms with Crippen LogP contribution in [-0.4, -0.2) is 46.1 Å². The van der Waals surface area contributed by atoms with Crippen LogP contribution in [0.25, 0.3) is 11.2 Å². The number of rotatable bonds is 6. The molecule has 0 spiro atoms. The highest BCUT2D eigenvalue weighted by Gasteiger charge is 2.24. The van der Waals surface area contributed by atoms with E-state index in [0.29, 0.717) is 24.7 Å². The number of fused-ring (bicyclic) bond motifs is 1. The smallest absolute Gasteiger partial charge is 0.409 e. The molecule has 146 valence electrons. The van der Waals surface area contributed by atoms with E-state index in [1.165, 1.54) is 0 Å². The molecule has 0 radical (unpaired) electrons. The maximum Gasteiger partial charge on any atom is 0.409 e. The van der Waals surface area contributed by atoms with E-state index in [1.807, 2.05) is 29.8 Å². The quantitative estimate of drug-likeness (QED) is 0.717. The second-order valence-electron chi connectivity index (χ2n) is 7.06. The number of nitrogens with one attached hydrogen (secondary N) is 1. The zero-order valence-electron chi connectivity index (χ0n) is 16.0. The summed E-state index contributed by atoms with van der Waals surface area (Å²) in [5.74, 6) is 0. The van der Waals surface area contributed by atoms with Crippen LogP contribution in [0.3, 0.4) is 0 Å². The fraction of sp³-hybridized carbons (Fsp3) is 0.500. The van der Waals surface area contributed by atoms with Crippen LogP contribution in [0.5, 0.6) is 0 Å². The predicted molar refractivity (Wildman–Crippen MR) is 109 cm³/mol. The number of anilines is 1. The summed E-state index contributed by atoms with van der Waals surface area (Å²) in [5.41, 5.74) is 3.61. The summed E-state index contributed by atoms with van der Waals surface area (Å²) < 4.78 is 7.27. The van der Waals surface area contributed by atoms with Gasteiger partial charge in [-0.25, -0.2) is 9.78 Å². The number of unbranched alkanes of at least 4 members (excludes halogenated alkanes) is 1. The number of carbonyl (C=O) groups is 1. The number of pyridine rings is 1. The van der Waals surface area contributed by atoms with Crippen LogP contribution in [0.2, 0.25) is 5.02 Å². The highest BCUT2D eigenvalue weighted by molar-refractivity contribution is 6.30. The Morgan fingerprint density at radius 1 is 1.44 bits per heavy atom. The van der Waals surface area contributed by atoms with Gasteiger partial charge in [-0.1, -0.05) is 31.5 Å². The molecule has 1 aliphatic rings. The maximum absolute atomic E-state index is 12.1. The summed E-state index contributed by atoms with van der Waals surface area (Å²) >= 11 is 6.31. The first-order valence-electron chi connectivity index (χ1n) is 9.50. The van der Waals surface area contributed by atoms with Gasteiger partial charge in [0.1, 0.15) is 0 Å². The van der Waals surface area contributed by atoms with E-state index in [0.717, 1.165) is 48.3 Å². The molecule has 1 aliphatic heterocycles. The number of imidazole rings is 1. The van der Waals surface area contributed by atoms with Crippen LogP contribution in [0.15, 0.2) is 25.0 Å². The van der Waals surface area contributed by atoms with Gasteiger partial charge in [0.15, 0.2) is 5.65 Å². The Hall–Kier alpha value is -2.21. The molecule has 1 N–H and O–H groups in total. The van der Waals surface area contributed by atoms with Gasteiger partial charge in [0.05, 0.1) is 29.2 Å². The number of carbonyl (C=O) groups excluding carboxylic acids is 1. The molecule has 2 aromatic heterocycles. The molecule has 3 rings (SSSR count). The van der Waals surface area contributed by atoms with E-state index in [2.05, 4.69) is 23.8 Å². The number of hydrogen-bond acceptors (Lipinski definition) is 4. The molecule has 1 amide bonds. The van der Waals surface area contributed by atoms with Crippen molar-refractivity contribution in [3.05, 3.63) is 35.8 Å².